The smallest absolute Gasteiger partial charge is 0.134 e. The fourth-order valence-electron chi connectivity index (χ4n) is 1.49. The standard InChI is InChI=1S/C12H22N4/c1-4-6-7-8-14-12-9(3)11(13)15-10(5-2)16-12/h4-8H2,1-3H3,(H3,13,14,15,16). The van der Waals surface area contributed by atoms with E-state index >= 15 is 0 Å². The van der Waals surface area contributed by atoms with E-state index in [0.29, 0.717) is 5.82 Å². The van der Waals surface area contributed by atoms with E-state index < -0.39 is 0 Å². The third-order valence-corrected chi connectivity index (χ3v) is 2.62. The normalized spacial score (nSPS) is 10.4. The average molecular weight is 222 g/mol. The molecule has 1 heterocycles. The van der Waals surface area contributed by atoms with Gasteiger partial charge in [0.15, 0.2) is 0 Å². The van der Waals surface area contributed by atoms with Gasteiger partial charge in [0.25, 0.3) is 0 Å². The summed E-state index contributed by atoms with van der Waals surface area (Å²) in [7, 11) is 0. The van der Waals surface area contributed by atoms with Crippen molar-refractivity contribution < 1.29 is 0 Å². The summed E-state index contributed by atoms with van der Waals surface area (Å²) in [4.78, 5) is 8.67. The van der Waals surface area contributed by atoms with Gasteiger partial charge in [0.05, 0.1) is 0 Å². The van der Waals surface area contributed by atoms with Crippen LogP contribution in [0.15, 0.2) is 0 Å². The third-order valence-electron chi connectivity index (χ3n) is 2.62. The Labute approximate surface area is 97.7 Å². The number of hydrogen-bond donors (Lipinski definition) is 2. The van der Waals surface area contributed by atoms with E-state index in [-0.39, 0.29) is 0 Å². The van der Waals surface area contributed by atoms with Crippen LogP contribution in [0.2, 0.25) is 0 Å². The van der Waals surface area contributed by atoms with E-state index in [2.05, 4.69) is 22.2 Å². The lowest BCUT2D eigenvalue weighted by Gasteiger charge is -2.11. The predicted octanol–water partition coefficient (Wildman–Crippen LogP) is 2.53. The summed E-state index contributed by atoms with van der Waals surface area (Å²) in [6.07, 6.45) is 4.45. The molecule has 0 aliphatic rings. The van der Waals surface area contributed by atoms with Gasteiger partial charge in [-0.25, -0.2) is 9.97 Å². The van der Waals surface area contributed by atoms with Crippen molar-refractivity contribution >= 4 is 11.6 Å². The van der Waals surface area contributed by atoms with Crippen molar-refractivity contribution in [2.24, 2.45) is 0 Å². The highest BCUT2D eigenvalue weighted by Gasteiger charge is 2.06. The van der Waals surface area contributed by atoms with Crippen LogP contribution in [0.25, 0.3) is 0 Å². The summed E-state index contributed by atoms with van der Waals surface area (Å²) in [5.74, 6) is 2.28. The van der Waals surface area contributed by atoms with E-state index in [1.165, 1.54) is 19.3 Å². The number of unbranched alkanes of at least 4 members (excludes halogenated alkanes) is 2. The quantitative estimate of drug-likeness (QED) is 0.726. The average Bonchev–Trinajstić information content (AvgIpc) is 2.29. The number of aromatic nitrogens is 2. The second kappa shape index (κ2) is 6.30. The minimum atomic E-state index is 0.588. The van der Waals surface area contributed by atoms with Crippen LogP contribution in [0, 0.1) is 6.92 Å². The van der Waals surface area contributed by atoms with Gasteiger partial charge in [0.2, 0.25) is 0 Å². The zero-order valence-electron chi connectivity index (χ0n) is 10.5. The number of nitrogens with one attached hydrogen (secondary N) is 1. The van der Waals surface area contributed by atoms with Gasteiger partial charge in [0, 0.05) is 18.5 Å². The number of rotatable bonds is 6. The molecule has 0 aromatic carbocycles. The molecule has 0 saturated heterocycles. The molecule has 4 heteroatoms. The molecule has 0 aliphatic carbocycles. The maximum Gasteiger partial charge on any atom is 0.134 e. The number of hydrogen-bond acceptors (Lipinski definition) is 4. The Morgan fingerprint density at radius 2 is 1.94 bits per heavy atom. The largest absolute Gasteiger partial charge is 0.383 e. The molecule has 1 aromatic heterocycles. The topological polar surface area (TPSA) is 63.8 Å². The molecule has 0 aliphatic heterocycles. The van der Waals surface area contributed by atoms with Crippen LogP contribution in [-0.2, 0) is 6.42 Å². The molecule has 0 spiro atoms. The molecule has 0 radical (unpaired) electrons. The van der Waals surface area contributed by atoms with E-state index in [0.717, 1.165) is 30.2 Å². The Kier molecular flexibility index (Phi) is 5.02. The van der Waals surface area contributed by atoms with Gasteiger partial charge in [-0.1, -0.05) is 26.7 Å². The maximum atomic E-state index is 5.84. The zero-order chi connectivity index (χ0) is 12.0. The Hall–Kier alpha value is -1.32. The monoisotopic (exact) mass is 222 g/mol. The lowest BCUT2D eigenvalue weighted by atomic mass is 10.2. The van der Waals surface area contributed by atoms with Crippen LogP contribution in [0.4, 0.5) is 11.6 Å². The van der Waals surface area contributed by atoms with E-state index in [1.807, 2.05) is 13.8 Å². The van der Waals surface area contributed by atoms with Gasteiger partial charge in [-0.3, -0.25) is 0 Å². The van der Waals surface area contributed by atoms with E-state index in [1.54, 1.807) is 0 Å². The number of anilines is 2. The van der Waals surface area contributed by atoms with E-state index in [4.69, 9.17) is 5.73 Å². The maximum absolute atomic E-state index is 5.84. The SMILES string of the molecule is CCCCCNc1nc(CC)nc(N)c1C. The summed E-state index contributed by atoms with van der Waals surface area (Å²) in [6.45, 7) is 7.14. The van der Waals surface area contributed by atoms with Crippen LogP contribution < -0.4 is 11.1 Å². The fourth-order valence-corrected chi connectivity index (χ4v) is 1.49. The van der Waals surface area contributed by atoms with Gasteiger partial charge < -0.3 is 11.1 Å². The predicted molar refractivity (Wildman–Crippen MR) is 68.6 cm³/mol. The first-order valence-electron chi connectivity index (χ1n) is 6.05. The summed E-state index contributed by atoms with van der Waals surface area (Å²) < 4.78 is 0. The van der Waals surface area contributed by atoms with E-state index in [9.17, 15) is 0 Å². The van der Waals surface area contributed by atoms with Crippen molar-refractivity contribution in [2.45, 2.75) is 46.5 Å². The molecule has 0 unspecified atom stereocenters. The van der Waals surface area contributed by atoms with Crippen molar-refractivity contribution in [1.82, 2.24) is 9.97 Å². The van der Waals surface area contributed by atoms with Gasteiger partial charge in [0.1, 0.15) is 17.5 Å². The molecule has 16 heavy (non-hydrogen) atoms. The fraction of sp³-hybridized carbons (Fsp3) is 0.667. The molecular weight excluding hydrogens is 200 g/mol. The molecule has 1 aromatic rings. The zero-order valence-corrected chi connectivity index (χ0v) is 10.5. The number of nitrogen functional groups attached to an aromatic ring is 1. The molecule has 1 rings (SSSR count). The van der Waals surface area contributed by atoms with Crippen LogP contribution in [0.3, 0.4) is 0 Å². The summed E-state index contributed by atoms with van der Waals surface area (Å²) >= 11 is 0. The molecule has 0 saturated carbocycles. The van der Waals surface area contributed by atoms with Crippen LogP contribution in [0.1, 0.15) is 44.5 Å². The molecule has 4 nitrogen and oxygen atoms in total. The first kappa shape index (κ1) is 12.7. The lowest BCUT2D eigenvalue weighted by Crippen LogP contribution is -2.10. The molecular formula is C12H22N4. The second-order valence-corrected chi connectivity index (χ2v) is 3.99. The Morgan fingerprint density at radius 1 is 1.19 bits per heavy atom. The van der Waals surface area contributed by atoms with Crippen LogP contribution >= 0.6 is 0 Å². The van der Waals surface area contributed by atoms with Crippen molar-refractivity contribution in [3.8, 4) is 0 Å². The highest BCUT2D eigenvalue weighted by atomic mass is 15.1. The Bertz CT molecular complexity index is 336. The van der Waals surface area contributed by atoms with Crippen molar-refractivity contribution in [3.63, 3.8) is 0 Å². The number of nitrogens with zero attached hydrogens (tertiary/aromatic N) is 2. The van der Waals surface area contributed by atoms with Crippen molar-refractivity contribution in [1.29, 1.82) is 0 Å². The molecule has 3 N–H and O–H groups in total. The molecule has 90 valence electrons. The molecule has 0 bridgehead atoms. The van der Waals surface area contributed by atoms with Crippen LogP contribution in [0.5, 0.6) is 0 Å². The minimum Gasteiger partial charge on any atom is -0.383 e. The highest BCUT2D eigenvalue weighted by molar-refractivity contribution is 5.54. The van der Waals surface area contributed by atoms with Gasteiger partial charge in [-0.05, 0) is 13.3 Å². The van der Waals surface area contributed by atoms with Gasteiger partial charge in [-0.15, -0.1) is 0 Å². The second-order valence-electron chi connectivity index (χ2n) is 3.99. The Balaban J connectivity index is 2.66. The summed E-state index contributed by atoms with van der Waals surface area (Å²) in [5, 5.41) is 3.33. The third kappa shape index (κ3) is 3.36. The first-order valence-corrected chi connectivity index (χ1v) is 6.05. The Morgan fingerprint density at radius 3 is 2.56 bits per heavy atom. The highest BCUT2D eigenvalue weighted by Crippen LogP contribution is 2.17. The summed E-state index contributed by atoms with van der Waals surface area (Å²) in [5.41, 5.74) is 6.79. The van der Waals surface area contributed by atoms with Crippen molar-refractivity contribution in [2.75, 3.05) is 17.6 Å². The first-order chi connectivity index (χ1) is 7.69. The van der Waals surface area contributed by atoms with Gasteiger partial charge in [-0.2, -0.15) is 0 Å². The molecule has 0 atom stereocenters. The minimum absolute atomic E-state index is 0.588. The molecule has 0 amide bonds. The number of aryl methyl sites for hydroxylation is 1. The van der Waals surface area contributed by atoms with Crippen molar-refractivity contribution in [3.05, 3.63) is 11.4 Å². The van der Waals surface area contributed by atoms with Gasteiger partial charge >= 0.3 is 0 Å². The lowest BCUT2D eigenvalue weighted by molar-refractivity contribution is 0.741. The van der Waals surface area contributed by atoms with Crippen LogP contribution in [-0.4, -0.2) is 16.5 Å². The number of nitrogens with two attached hydrogens (primary N) is 1. The summed E-state index contributed by atoms with van der Waals surface area (Å²) in [6, 6.07) is 0. The molecule has 0 fully saturated rings.